The van der Waals surface area contributed by atoms with Gasteiger partial charge in [-0.25, -0.2) is 9.40 Å². The van der Waals surface area contributed by atoms with Gasteiger partial charge in [0.1, 0.15) is 30.9 Å². The molecule has 0 aromatic heterocycles. The molecule has 2 aromatic rings. The molecular weight excluding hydrogens is 395 g/mol. The zero-order valence-electron chi connectivity index (χ0n) is 17.1. The van der Waals surface area contributed by atoms with Crippen LogP contribution in [0.5, 0.6) is 5.75 Å². The molecule has 3 aliphatic rings. The molecule has 0 saturated carbocycles. The van der Waals surface area contributed by atoms with Gasteiger partial charge in [-0.3, -0.25) is 0 Å². The Bertz CT molecular complexity index is 1010. The lowest BCUT2D eigenvalue weighted by atomic mass is 10.1. The van der Waals surface area contributed by atoms with E-state index in [-0.39, 0.29) is 18.6 Å². The second-order valence-corrected chi connectivity index (χ2v) is 7.83. The quantitative estimate of drug-likeness (QED) is 0.748. The number of hydrazone groups is 1. The number of halogens is 1. The summed E-state index contributed by atoms with van der Waals surface area (Å²) in [6.07, 6.45) is 8.10. The summed E-state index contributed by atoms with van der Waals surface area (Å²) in [5, 5.41) is 13.3. The predicted molar refractivity (Wildman–Crippen MR) is 117 cm³/mol. The van der Waals surface area contributed by atoms with E-state index in [0.717, 1.165) is 29.1 Å². The van der Waals surface area contributed by atoms with Crippen LogP contribution in [0.1, 0.15) is 24.0 Å². The second kappa shape index (κ2) is 8.81. The third kappa shape index (κ3) is 4.56. The zero-order valence-corrected chi connectivity index (χ0v) is 17.1. The first-order valence-electron chi connectivity index (χ1n) is 10.6. The summed E-state index contributed by atoms with van der Waals surface area (Å²) in [4.78, 5) is 0. The Hall–Kier alpha value is -3.32. The molecule has 3 aliphatic heterocycles. The monoisotopic (exact) mass is 420 g/mol. The lowest BCUT2D eigenvalue weighted by molar-refractivity contribution is 0.266. The maximum atomic E-state index is 13.4. The van der Waals surface area contributed by atoms with Gasteiger partial charge in [0, 0.05) is 23.9 Å². The van der Waals surface area contributed by atoms with Gasteiger partial charge >= 0.3 is 0 Å². The molecule has 6 nitrogen and oxygen atoms in total. The maximum Gasteiger partial charge on any atom is 0.231 e. The predicted octanol–water partition coefficient (Wildman–Crippen LogP) is 3.59. The summed E-state index contributed by atoms with van der Waals surface area (Å²) < 4.78 is 25.1. The van der Waals surface area contributed by atoms with Gasteiger partial charge in [0.15, 0.2) is 0 Å². The molecule has 1 fully saturated rings. The summed E-state index contributed by atoms with van der Waals surface area (Å²) in [6, 6.07) is 14.9. The van der Waals surface area contributed by atoms with Crippen molar-refractivity contribution in [3.63, 3.8) is 0 Å². The Morgan fingerprint density at radius 3 is 2.84 bits per heavy atom. The first-order valence-corrected chi connectivity index (χ1v) is 10.6. The molecule has 2 N–H and O–H groups in total. The number of ether oxygens (including phenoxy) is 2. The Kier molecular flexibility index (Phi) is 5.58. The van der Waals surface area contributed by atoms with Gasteiger partial charge in [0.05, 0.1) is 5.70 Å². The van der Waals surface area contributed by atoms with E-state index in [4.69, 9.17) is 9.47 Å². The smallest absolute Gasteiger partial charge is 0.231 e. The summed E-state index contributed by atoms with van der Waals surface area (Å²) in [5.41, 5.74) is 2.74. The molecule has 0 bridgehead atoms. The highest BCUT2D eigenvalue weighted by Crippen LogP contribution is 2.29. The lowest BCUT2D eigenvalue weighted by Gasteiger charge is -2.26. The van der Waals surface area contributed by atoms with Crippen molar-refractivity contribution in [3.8, 4) is 5.75 Å². The maximum absolute atomic E-state index is 13.4. The second-order valence-electron chi connectivity index (χ2n) is 7.83. The molecule has 2 aromatic carbocycles. The fourth-order valence-electron chi connectivity index (χ4n) is 3.91. The van der Waals surface area contributed by atoms with Crippen molar-refractivity contribution in [2.24, 2.45) is 5.10 Å². The Morgan fingerprint density at radius 2 is 2.03 bits per heavy atom. The number of nitrogens with zero attached hydrogens (tertiary/aromatic N) is 2. The van der Waals surface area contributed by atoms with E-state index in [2.05, 4.69) is 15.7 Å². The van der Waals surface area contributed by atoms with Crippen LogP contribution in [0, 0.1) is 5.82 Å². The van der Waals surface area contributed by atoms with E-state index in [1.807, 2.05) is 53.7 Å². The molecule has 31 heavy (non-hydrogen) atoms. The van der Waals surface area contributed by atoms with E-state index in [0.29, 0.717) is 18.5 Å². The first kappa shape index (κ1) is 19.6. The van der Waals surface area contributed by atoms with Crippen molar-refractivity contribution in [1.82, 2.24) is 15.6 Å². The molecule has 0 amide bonds. The Balaban J connectivity index is 1.22. The summed E-state index contributed by atoms with van der Waals surface area (Å²) in [6.45, 7) is 2.03. The van der Waals surface area contributed by atoms with Gasteiger partial charge < -0.3 is 20.1 Å². The normalized spacial score (nSPS) is 21.9. The largest absolute Gasteiger partial charge is 0.492 e. The molecule has 3 heterocycles. The molecule has 5 rings (SSSR count). The molecule has 160 valence electrons. The van der Waals surface area contributed by atoms with Crippen LogP contribution in [0.2, 0.25) is 0 Å². The Morgan fingerprint density at radius 1 is 1.13 bits per heavy atom. The number of rotatable bonds is 6. The van der Waals surface area contributed by atoms with Gasteiger partial charge in [0.25, 0.3) is 0 Å². The SMILES string of the molecule is Fc1cccc(COC2=NN3C(c4ccc(OC[C@H]5CCCN5)cc4)=CNC3C=C2)c1. The van der Waals surface area contributed by atoms with E-state index in [1.165, 1.54) is 25.0 Å². The fourth-order valence-corrected chi connectivity index (χ4v) is 3.91. The molecular formula is C24H25FN4O2. The zero-order chi connectivity index (χ0) is 21.0. The molecule has 0 radical (unpaired) electrons. The van der Waals surface area contributed by atoms with Crippen molar-refractivity contribution >= 4 is 11.6 Å². The highest BCUT2D eigenvalue weighted by molar-refractivity contribution is 5.89. The highest BCUT2D eigenvalue weighted by atomic mass is 19.1. The molecule has 0 aliphatic carbocycles. The van der Waals surface area contributed by atoms with Gasteiger partial charge in [-0.15, -0.1) is 5.10 Å². The minimum atomic E-state index is -0.275. The van der Waals surface area contributed by atoms with Crippen LogP contribution in [0.4, 0.5) is 4.39 Å². The number of hydrogen-bond acceptors (Lipinski definition) is 6. The highest BCUT2D eigenvalue weighted by Gasteiger charge is 2.28. The lowest BCUT2D eigenvalue weighted by Crippen LogP contribution is -2.34. The first-order chi connectivity index (χ1) is 15.2. The van der Waals surface area contributed by atoms with Crippen LogP contribution < -0.4 is 15.4 Å². The van der Waals surface area contributed by atoms with E-state index in [9.17, 15) is 4.39 Å². The van der Waals surface area contributed by atoms with E-state index < -0.39 is 0 Å². The molecule has 1 saturated heterocycles. The van der Waals surface area contributed by atoms with Crippen LogP contribution in [-0.2, 0) is 11.3 Å². The van der Waals surface area contributed by atoms with Gasteiger partial charge in [-0.05, 0) is 67.4 Å². The molecule has 0 spiro atoms. The summed E-state index contributed by atoms with van der Waals surface area (Å²) in [5.74, 6) is 1.07. The summed E-state index contributed by atoms with van der Waals surface area (Å²) >= 11 is 0. The van der Waals surface area contributed by atoms with E-state index in [1.54, 1.807) is 6.07 Å². The third-order valence-corrected chi connectivity index (χ3v) is 5.57. The topological polar surface area (TPSA) is 58.1 Å². The average molecular weight is 420 g/mol. The van der Waals surface area contributed by atoms with E-state index >= 15 is 0 Å². The number of benzene rings is 2. The van der Waals surface area contributed by atoms with Crippen LogP contribution in [0.25, 0.3) is 5.70 Å². The Labute approximate surface area is 181 Å². The van der Waals surface area contributed by atoms with Crippen LogP contribution in [-0.4, -0.2) is 36.3 Å². The fraction of sp³-hybridized carbons (Fsp3) is 0.292. The van der Waals surface area contributed by atoms with Gasteiger partial charge in [-0.2, -0.15) is 0 Å². The minimum absolute atomic E-state index is 0.0547. The third-order valence-electron chi connectivity index (χ3n) is 5.57. The van der Waals surface area contributed by atoms with Crippen LogP contribution >= 0.6 is 0 Å². The van der Waals surface area contributed by atoms with Crippen molar-refractivity contribution in [2.75, 3.05) is 13.2 Å². The van der Waals surface area contributed by atoms with Crippen LogP contribution in [0.15, 0.2) is 72.0 Å². The number of fused-ring (bicyclic) bond motifs is 1. The van der Waals surface area contributed by atoms with Gasteiger partial charge in [-0.1, -0.05) is 12.1 Å². The summed E-state index contributed by atoms with van der Waals surface area (Å²) in [7, 11) is 0. The standard InChI is InChI=1S/C24H25FN4O2/c25-19-4-1-3-17(13-19)15-31-24-11-10-23-27-14-22(29(23)28-24)18-6-8-21(9-7-18)30-16-20-5-2-12-26-20/h1,3-4,6-11,13-14,20,23,26-27H,2,5,12,15-16H2/t20-,23?/m1/s1. The van der Waals surface area contributed by atoms with Crippen molar-refractivity contribution in [1.29, 1.82) is 0 Å². The molecule has 7 heteroatoms. The minimum Gasteiger partial charge on any atom is -0.492 e. The number of nitrogens with one attached hydrogen (secondary N) is 2. The average Bonchev–Trinajstić information content (AvgIpc) is 3.46. The van der Waals surface area contributed by atoms with Crippen molar-refractivity contribution in [3.05, 3.63) is 83.8 Å². The molecule has 1 unspecified atom stereocenters. The van der Waals surface area contributed by atoms with Crippen LogP contribution in [0.3, 0.4) is 0 Å². The number of hydrogen-bond donors (Lipinski definition) is 2. The van der Waals surface area contributed by atoms with Gasteiger partial charge in [0.2, 0.25) is 5.90 Å². The van der Waals surface area contributed by atoms with Crippen molar-refractivity contribution < 1.29 is 13.9 Å². The molecule has 2 atom stereocenters. The van der Waals surface area contributed by atoms with Crippen molar-refractivity contribution in [2.45, 2.75) is 31.7 Å².